The molecule has 0 aromatic heterocycles. The third-order valence-corrected chi connectivity index (χ3v) is 2.84. The molecule has 0 aliphatic heterocycles. The number of hydrogen-bond donors (Lipinski definition) is 1. The van der Waals surface area contributed by atoms with Gasteiger partial charge in [-0.3, -0.25) is 0 Å². The SMILES string of the molecule is O=C(O)c1ccc(Oc2ccc(F)cc2Br)cc1. The lowest BCUT2D eigenvalue weighted by molar-refractivity contribution is 0.0697. The van der Waals surface area contributed by atoms with Crippen LogP contribution >= 0.6 is 15.9 Å². The van der Waals surface area contributed by atoms with Crippen molar-refractivity contribution in [1.82, 2.24) is 0 Å². The summed E-state index contributed by atoms with van der Waals surface area (Å²) in [4.78, 5) is 10.7. The Bertz CT molecular complexity index is 581. The Labute approximate surface area is 111 Å². The molecule has 0 amide bonds. The van der Waals surface area contributed by atoms with E-state index in [9.17, 15) is 9.18 Å². The number of aromatic carboxylic acids is 1. The van der Waals surface area contributed by atoms with Gasteiger partial charge < -0.3 is 9.84 Å². The molecule has 0 aliphatic rings. The Balaban J connectivity index is 2.21. The zero-order chi connectivity index (χ0) is 13.1. The average Bonchev–Trinajstić information content (AvgIpc) is 2.33. The minimum Gasteiger partial charge on any atom is -0.478 e. The second-order valence-corrected chi connectivity index (χ2v) is 4.36. The molecule has 0 saturated heterocycles. The van der Waals surface area contributed by atoms with E-state index < -0.39 is 5.97 Å². The molecule has 0 saturated carbocycles. The number of ether oxygens (including phenoxy) is 1. The Kier molecular flexibility index (Phi) is 3.62. The summed E-state index contributed by atoms with van der Waals surface area (Å²) < 4.78 is 18.9. The Morgan fingerprint density at radius 3 is 2.39 bits per heavy atom. The number of carbonyl (C=O) groups is 1. The molecule has 3 nitrogen and oxygen atoms in total. The van der Waals surface area contributed by atoms with Crippen molar-refractivity contribution in [1.29, 1.82) is 0 Å². The van der Waals surface area contributed by atoms with E-state index in [1.807, 2.05) is 0 Å². The monoisotopic (exact) mass is 310 g/mol. The summed E-state index contributed by atoms with van der Waals surface area (Å²) in [5, 5.41) is 8.75. The topological polar surface area (TPSA) is 46.5 Å². The molecule has 18 heavy (non-hydrogen) atoms. The summed E-state index contributed by atoms with van der Waals surface area (Å²) in [6.07, 6.45) is 0. The van der Waals surface area contributed by atoms with Gasteiger partial charge in [0.15, 0.2) is 0 Å². The molecule has 0 heterocycles. The van der Waals surface area contributed by atoms with Gasteiger partial charge in [-0.15, -0.1) is 0 Å². The van der Waals surface area contributed by atoms with E-state index in [4.69, 9.17) is 9.84 Å². The second kappa shape index (κ2) is 5.18. The lowest BCUT2D eigenvalue weighted by Crippen LogP contribution is -1.95. The van der Waals surface area contributed by atoms with E-state index in [0.29, 0.717) is 16.0 Å². The molecule has 0 aliphatic carbocycles. The maximum atomic E-state index is 12.9. The van der Waals surface area contributed by atoms with E-state index in [1.165, 1.54) is 30.3 Å². The highest BCUT2D eigenvalue weighted by Gasteiger charge is 2.06. The lowest BCUT2D eigenvalue weighted by atomic mass is 10.2. The third-order valence-electron chi connectivity index (χ3n) is 2.22. The van der Waals surface area contributed by atoms with Crippen LogP contribution in [0.3, 0.4) is 0 Å². The third kappa shape index (κ3) is 2.87. The number of benzene rings is 2. The first-order valence-corrected chi connectivity index (χ1v) is 5.82. The summed E-state index contributed by atoms with van der Waals surface area (Å²) in [5.41, 5.74) is 0.181. The molecule has 0 bridgehead atoms. The maximum absolute atomic E-state index is 12.9. The van der Waals surface area contributed by atoms with Crippen LogP contribution in [-0.2, 0) is 0 Å². The van der Waals surface area contributed by atoms with Crippen molar-refractivity contribution in [3.63, 3.8) is 0 Å². The number of halogens is 2. The summed E-state index contributed by atoms with van der Waals surface area (Å²) in [6, 6.07) is 10.0. The van der Waals surface area contributed by atoms with E-state index in [0.717, 1.165) is 0 Å². The first-order chi connectivity index (χ1) is 8.56. The van der Waals surface area contributed by atoms with Gasteiger partial charge in [0.2, 0.25) is 0 Å². The van der Waals surface area contributed by atoms with E-state index in [-0.39, 0.29) is 11.4 Å². The van der Waals surface area contributed by atoms with Gasteiger partial charge in [-0.05, 0) is 58.4 Å². The molecule has 92 valence electrons. The van der Waals surface area contributed by atoms with Gasteiger partial charge in [-0.2, -0.15) is 0 Å². The Morgan fingerprint density at radius 1 is 1.17 bits per heavy atom. The first-order valence-electron chi connectivity index (χ1n) is 5.02. The van der Waals surface area contributed by atoms with Crippen LogP contribution in [0.4, 0.5) is 4.39 Å². The van der Waals surface area contributed by atoms with Gasteiger partial charge in [0, 0.05) is 0 Å². The minimum absolute atomic E-state index is 0.181. The summed E-state index contributed by atoms with van der Waals surface area (Å²) in [6.45, 7) is 0. The van der Waals surface area contributed by atoms with E-state index in [1.54, 1.807) is 12.1 Å². The zero-order valence-corrected chi connectivity index (χ0v) is 10.6. The Morgan fingerprint density at radius 2 is 1.83 bits per heavy atom. The molecule has 5 heteroatoms. The molecule has 2 aromatic carbocycles. The lowest BCUT2D eigenvalue weighted by Gasteiger charge is -2.07. The largest absolute Gasteiger partial charge is 0.478 e. The number of rotatable bonds is 3. The molecule has 2 rings (SSSR count). The average molecular weight is 311 g/mol. The summed E-state index contributed by atoms with van der Waals surface area (Å²) in [5.74, 6) is -0.424. The fourth-order valence-corrected chi connectivity index (χ4v) is 1.78. The van der Waals surface area contributed by atoms with Crippen LogP contribution in [0, 0.1) is 5.82 Å². The van der Waals surface area contributed by atoms with Gasteiger partial charge >= 0.3 is 5.97 Å². The number of carboxylic acids is 1. The van der Waals surface area contributed by atoms with Gasteiger partial charge in [0.1, 0.15) is 17.3 Å². The van der Waals surface area contributed by atoms with E-state index >= 15 is 0 Å². The summed E-state index contributed by atoms with van der Waals surface area (Å²) >= 11 is 3.18. The maximum Gasteiger partial charge on any atom is 0.335 e. The zero-order valence-electron chi connectivity index (χ0n) is 9.06. The smallest absolute Gasteiger partial charge is 0.335 e. The highest BCUT2D eigenvalue weighted by atomic mass is 79.9. The van der Waals surface area contributed by atoms with E-state index in [2.05, 4.69) is 15.9 Å². The number of hydrogen-bond acceptors (Lipinski definition) is 2. The molecule has 0 atom stereocenters. The highest BCUT2D eigenvalue weighted by Crippen LogP contribution is 2.30. The second-order valence-electron chi connectivity index (χ2n) is 3.51. The van der Waals surface area contributed by atoms with Gasteiger partial charge in [0.25, 0.3) is 0 Å². The van der Waals surface area contributed by atoms with Gasteiger partial charge in [-0.1, -0.05) is 0 Å². The van der Waals surface area contributed by atoms with Crippen molar-refractivity contribution < 1.29 is 19.0 Å². The standard InChI is InChI=1S/C13H8BrFO3/c14-11-7-9(15)3-6-12(11)18-10-4-1-8(2-5-10)13(16)17/h1-7H,(H,16,17). The van der Waals surface area contributed by atoms with Crippen LogP contribution in [0.1, 0.15) is 10.4 Å². The molecule has 0 spiro atoms. The van der Waals surface area contributed by atoms with Crippen LogP contribution in [0.25, 0.3) is 0 Å². The van der Waals surface area contributed by atoms with Crippen LogP contribution in [-0.4, -0.2) is 11.1 Å². The van der Waals surface area contributed by atoms with Crippen molar-refractivity contribution in [2.75, 3.05) is 0 Å². The van der Waals surface area contributed by atoms with Crippen molar-refractivity contribution in [2.45, 2.75) is 0 Å². The predicted octanol–water partition coefficient (Wildman–Crippen LogP) is 4.08. The van der Waals surface area contributed by atoms with Crippen molar-refractivity contribution in [3.8, 4) is 11.5 Å². The predicted molar refractivity (Wildman–Crippen MR) is 67.6 cm³/mol. The van der Waals surface area contributed by atoms with Crippen LogP contribution in [0.5, 0.6) is 11.5 Å². The van der Waals surface area contributed by atoms with Crippen molar-refractivity contribution in [3.05, 3.63) is 58.3 Å². The first kappa shape index (κ1) is 12.6. The highest BCUT2D eigenvalue weighted by molar-refractivity contribution is 9.10. The van der Waals surface area contributed by atoms with Gasteiger partial charge in [0.05, 0.1) is 10.0 Å². The quantitative estimate of drug-likeness (QED) is 0.929. The van der Waals surface area contributed by atoms with Gasteiger partial charge in [-0.25, -0.2) is 9.18 Å². The van der Waals surface area contributed by atoms with Crippen LogP contribution in [0.15, 0.2) is 46.9 Å². The Hall–Kier alpha value is -1.88. The molecule has 0 radical (unpaired) electrons. The molecular weight excluding hydrogens is 303 g/mol. The number of carboxylic acid groups (broad SMARTS) is 1. The fourth-order valence-electron chi connectivity index (χ4n) is 1.35. The van der Waals surface area contributed by atoms with Crippen molar-refractivity contribution >= 4 is 21.9 Å². The minimum atomic E-state index is -0.996. The molecule has 0 unspecified atom stereocenters. The summed E-state index contributed by atoms with van der Waals surface area (Å²) in [7, 11) is 0. The van der Waals surface area contributed by atoms with Crippen molar-refractivity contribution in [2.24, 2.45) is 0 Å². The van der Waals surface area contributed by atoms with Crippen LogP contribution < -0.4 is 4.74 Å². The molecular formula is C13H8BrFO3. The molecule has 0 fully saturated rings. The molecule has 1 N–H and O–H groups in total. The van der Waals surface area contributed by atoms with Crippen LogP contribution in [0.2, 0.25) is 0 Å². The normalized spacial score (nSPS) is 10.1. The molecule has 2 aromatic rings. The fraction of sp³-hybridized carbons (Fsp3) is 0.